The maximum atomic E-state index is 9.71. The molecule has 0 aliphatic heterocycles. The predicted molar refractivity (Wildman–Crippen MR) is 103 cm³/mol. The lowest BCUT2D eigenvalue weighted by atomic mass is 10.1. The number of benzene rings is 2. The fourth-order valence-electron chi connectivity index (χ4n) is 2.72. The van der Waals surface area contributed by atoms with Crippen molar-refractivity contribution in [3.63, 3.8) is 0 Å². The third-order valence-corrected chi connectivity index (χ3v) is 3.93. The molecule has 132 valence electrons. The Balaban J connectivity index is 1.95. The van der Waals surface area contributed by atoms with Gasteiger partial charge in [0.25, 0.3) is 0 Å². The Labute approximate surface area is 153 Å². The largest absolute Gasteiger partial charge is 0.396 e. The molecule has 0 atom stereocenters. The van der Waals surface area contributed by atoms with Gasteiger partial charge in [-0.3, -0.25) is 4.57 Å². The Morgan fingerprint density at radius 3 is 2.50 bits per heavy atom. The summed E-state index contributed by atoms with van der Waals surface area (Å²) in [6, 6.07) is 15.8. The van der Waals surface area contributed by atoms with E-state index in [1.165, 1.54) is 0 Å². The SMILES string of the molecule is CC(C)(O)C#Cc1ccc(-c2nccn2-c2ccccc2CCO)cc1. The minimum atomic E-state index is -1.01. The Morgan fingerprint density at radius 1 is 1.08 bits per heavy atom. The quantitative estimate of drug-likeness (QED) is 0.713. The molecule has 3 aromatic rings. The van der Waals surface area contributed by atoms with E-state index < -0.39 is 5.60 Å². The lowest BCUT2D eigenvalue weighted by molar-refractivity contribution is 0.143. The second-order valence-corrected chi connectivity index (χ2v) is 6.61. The molecule has 0 saturated carbocycles. The zero-order chi connectivity index (χ0) is 18.6. The Hall–Kier alpha value is -2.87. The fourth-order valence-corrected chi connectivity index (χ4v) is 2.72. The molecule has 0 bridgehead atoms. The zero-order valence-corrected chi connectivity index (χ0v) is 15.0. The monoisotopic (exact) mass is 346 g/mol. The molecule has 4 nitrogen and oxygen atoms in total. The lowest BCUT2D eigenvalue weighted by Crippen LogP contribution is -2.14. The summed E-state index contributed by atoms with van der Waals surface area (Å²) in [5.41, 5.74) is 2.89. The van der Waals surface area contributed by atoms with Gasteiger partial charge in [-0.25, -0.2) is 4.98 Å². The molecule has 4 heteroatoms. The van der Waals surface area contributed by atoms with Crippen molar-refractivity contribution in [3.05, 3.63) is 72.1 Å². The summed E-state index contributed by atoms with van der Waals surface area (Å²) in [5.74, 6) is 6.62. The minimum Gasteiger partial charge on any atom is -0.396 e. The van der Waals surface area contributed by atoms with E-state index in [1.54, 1.807) is 20.0 Å². The highest BCUT2D eigenvalue weighted by atomic mass is 16.3. The highest BCUT2D eigenvalue weighted by Crippen LogP contribution is 2.24. The van der Waals surface area contributed by atoms with Crippen LogP contribution >= 0.6 is 0 Å². The van der Waals surface area contributed by atoms with Crippen molar-refractivity contribution < 1.29 is 10.2 Å². The van der Waals surface area contributed by atoms with Crippen LogP contribution in [0.25, 0.3) is 17.1 Å². The number of hydrogen-bond donors (Lipinski definition) is 2. The average molecular weight is 346 g/mol. The molecule has 0 aliphatic rings. The molecule has 0 radical (unpaired) electrons. The topological polar surface area (TPSA) is 58.3 Å². The van der Waals surface area contributed by atoms with Crippen molar-refractivity contribution in [2.45, 2.75) is 25.9 Å². The van der Waals surface area contributed by atoms with Crippen molar-refractivity contribution in [3.8, 4) is 28.9 Å². The summed E-state index contributed by atoms with van der Waals surface area (Å²) >= 11 is 0. The molecule has 2 aromatic carbocycles. The molecule has 1 heterocycles. The van der Waals surface area contributed by atoms with Crippen molar-refractivity contribution in [1.29, 1.82) is 0 Å². The number of aliphatic hydroxyl groups excluding tert-OH is 1. The minimum absolute atomic E-state index is 0.107. The van der Waals surface area contributed by atoms with E-state index in [0.717, 1.165) is 28.2 Å². The van der Waals surface area contributed by atoms with Crippen LogP contribution in [-0.4, -0.2) is 32.0 Å². The van der Waals surface area contributed by atoms with Gasteiger partial charge in [-0.2, -0.15) is 0 Å². The summed E-state index contributed by atoms with van der Waals surface area (Å²) in [6.07, 6.45) is 4.29. The van der Waals surface area contributed by atoms with Crippen LogP contribution in [-0.2, 0) is 6.42 Å². The summed E-state index contributed by atoms with van der Waals surface area (Å²) in [5, 5.41) is 19.0. The molecule has 0 saturated heterocycles. The number of nitrogens with zero attached hydrogens (tertiary/aromatic N) is 2. The molecular weight excluding hydrogens is 324 g/mol. The number of para-hydroxylation sites is 1. The van der Waals surface area contributed by atoms with Crippen molar-refractivity contribution in [2.75, 3.05) is 6.61 Å². The van der Waals surface area contributed by atoms with Gasteiger partial charge in [0, 0.05) is 30.1 Å². The molecule has 0 spiro atoms. The first-order valence-electron chi connectivity index (χ1n) is 8.56. The Bertz CT molecular complexity index is 939. The summed E-state index contributed by atoms with van der Waals surface area (Å²) in [7, 11) is 0. The Morgan fingerprint density at radius 2 is 1.81 bits per heavy atom. The number of aromatic nitrogens is 2. The van der Waals surface area contributed by atoms with Gasteiger partial charge in [0.15, 0.2) is 0 Å². The zero-order valence-electron chi connectivity index (χ0n) is 15.0. The van der Waals surface area contributed by atoms with Gasteiger partial charge >= 0.3 is 0 Å². The van der Waals surface area contributed by atoms with E-state index in [4.69, 9.17) is 0 Å². The third kappa shape index (κ3) is 4.20. The van der Waals surface area contributed by atoms with E-state index in [1.807, 2.05) is 59.3 Å². The van der Waals surface area contributed by atoms with E-state index in [-0.39, 0.29) is 6.61 Å². The second kappa shape index (κ2) is 7.57. The van der Waals surface area contributed by atoms with Crippen LogP contribution in [0.2, 0.25) is 0 Å². The first-order chi connectivity index (χ1) is 12.5. The number of imidazole rings is 1. The molecular formula is C22H22N2O2. The summed E-state index contributed by atoms with van der Waals surface area (Å²) < 4.78 is 2.03. The van der Waals surface area contributed by atoms with E-state index >= 15 is 0 Å². The summed E-state index contributed by atoms with van der Waals surface area (Å²) in [6.45, 7) is 3.43. The third-order valence-electron chi connectivity index (χ3n) is 3.93. The number of rotatable bonds is 4. The maximum absolute atomic E-state index is 9.71. The van der Waals surface area contributed by atoms with Crippen molar-refractivity contribution in [1.82, 2.24) is 9.55 Å². The van der Waals surface area contributed by atoms with Crippen LogP contribution < -0.4 is 0 Å². The van der Waals surface area contributed by atoms with Gasteiger partial charge in [0.2, 0.25) is 0 Å². The molecule has 0 unspecified atom stereocenters. The fraction of sp³-hybridized carbons (Fsp3) is 0.227. The van der Waals surface area contributed by atoms with Crippen LogP contribution in [0.1, 0.15) is 25.0 Å². The van der Waals surface area contributed by atoms with Gasteiger partial charge in [-0.1, -0.05) is 42.2 Å². The lowest BCUT2D eigenvalue weighted by Gasteiger charge is -2.12. The van der Waals surface area contributed by atoms with Gasteiger partial charge < -0.3 is 10.2 Å². The van der Waals surface area contributed by atoms with Crippen LogP contribution in [0.15, 0.2) is 60.9 Å². The van der Waals surface area contributed by atoms with Crippen LogP contribution in [0.3, 0.4) is 0 Å². The van der Waals surface area contributed by atoms with Crippen LogP contribution in [0.4, 0.5) is 0 Å². The van der Waals surface area contributed by atoms with Crippen LogP contribution in [0.5, 0.6) is 0 Å². The summed E-state index contributed by atoms with van der Waals surface area (Å²) in [4.78, 5) is 4.50. The number of hydrogen-bond acceptors (Lipinski definition) is 3. The maximum Gasteiger partial charge on any atom is 0.144 e. The highest BCUT2D eigenvalue weighted by Gasteiger charge is 2.11. The first-order valence-corrected chi connectivity index (χ1v) is 8.56. The van der Waals surface area contributed by atoms with Crippen molar-refractivity contribution >= 4 is 0 Å². The normalized spacial score (nSPS) is 11.1. The standard InChI is InChI=1S/C22H22N2O2/c1-22(2,26)13-11-17-7-9-19(10-8-17)21-23-14-15-24(21)20-6-4-3-5-18(20)12-16-25/h3-10,14-15,25-26H,12,16H2,1-2H3. The molecule has 26 heavy (non-hydrogen) atoms. The average Bonchev–Trinajstić information content (AvgIpc) is 3.10. The van der Waals surface area contributed by atoms with Crippen molar-refractivity contribution in [2.24, 2.45) is 0 Å². The molecule has 2 N–H and O–H groups in total. The molecule has 0 fully saturated rings. The molecule has 0 amide bonds. The predicted octanol–water partition coefficient (Wildman–Crippen LogP) is 3.20. The van der Waals surface area contributed by atoms with Gasteiger partial charge in [-0.05, 0) is 44.0 Å². The molecule has 3 rings (SSSR count). The molecule has 0 aliphatic carbocycles. The van der Waals surface area contributed by atoms with Gasteiger partial charge in [0.05, 0.1) is 5.69 Å². The second-order valence-electron chi connectivity index (χ2n) is 6.61. The van der Waals surface area contributed by atoms with Crippen LogP contribution in [0, 0.1) is 11.8 Å². The van der Waals surface area contributed by atoms with E-state index in [9.17, 15) is 10.2 Å². The van der Waals surface area contributed by atoms with E-state index in [0.29, 0.717) is 6.42 Å². The Kier molecular flexibility index (Phi) is 5.22. The smallest absolute Gasteiger partial charge is 0.144 e. The van der Waals surface area contributed by atoms with Gasteiger partial charge in [0.1, 0.15) is 11.4 Å². The molecule has 1 aromatic heterocycles. The van der Waals surface area contributed by atoms with E-state index in [2.05, 4.69) is 16.8 Å². The highest BCUT2D eigenvalue weighted by molar-refractivity contribution is 5.61. The first kappa shape index (κ1) is 17.9. The van der Waals surface area contributed by atoms with Gasteiger partial charge in [-0.15, -0.1) is 0 Å². The number of aliphatic hydroxyl groups is 2.